The molecule has 2 rings (SSSR count). The fourth-order valence-electron chi connectivity index (χ4n) is 1.07. The van der Waals surface area contributed by atoms with E-state index < -0.39 is 0 Å². The van der Waals surface area contributed by atoms with Crippen LogP contribution >= 0.6 is 0 Å². The zero-order chi connectivity index (χ0) is 6.97. The van der Waals surface area contributed by atoms with Gasteiger partial charge >= 0.3 is 87.0 Å². The van der Waals surface area contributed by atoms with Crippen LogP contribution in [0, 0.1) is 0 Å². The van der Waals surface area contributed by atoms with E-state index in [-0.39, 0.29) is 58.8 Å². The van der Waals surface area contributed by atoms with Crippen molar-refractivity contribution in [3.8, 4) is 0 Å². The van der Waals surface area contributed by atoms with Gasteiger partial charge in [0, 0.05) is 0 Å². The van der Waals surface area contributed by atoms with Crippen molar-refractivity contribution >= 4 is 28.4 Å². The van der Waals surface area contributed by atoms with Crippen LogP contribution in [-0.4, -0.2) is 21.6 Å². The van der Waals surface area contributed by atoms with Gasteiger partial charge in [-0.3, -0.25) is 0 Å². The van der Waals surface area contributed by atoms with Crippen molar-refractivity contribution in [2.24, 2.45) is 0 Å². The average molecular weight is 421 g/mol. The fourth-order valence-corrected chi connectivity index (χ4v) is 6.59. The summed E-state index contributed by atoms with van der Waals surface area (Å²) in [5.74, 6) is 0. The molecule has 0 N–H and O–H groups in total. The van der Waals surface area contributed by atoms with Crippen LogP contribution in [0.15, 0.2) is 28.3 Å². The Morgan fingerprint density at radius 2 is 1.62 bits per heavy atom. The molecule has 5 heteroatoms. The van der Waals surface area contributed by atoms with Crippen LogP contribution in [0.5, 0.6) is 0 Å². The molecular weight excluding hydrogens is 415 g/mol. The molecule has 0 nitrogen and oxygen atoms in total. The third-order valence-corrected chi connectivity index (χ3v) is 8.00. The molecule has 0 unspecified atom stereocenters. The Kier molecular flexibility index (Phi) is 10.1. The number of benzene rings is 1. The molecular formula is C8H6Cl3SbZr. The molecule has 0 fully saturated rings. The number of rotatable bonds is 0. The van der Waals surface area contributed by atoms with Crippen LogP contribution in [0.3, 0.4) is 0 Å². The molecule has 0 atom stereocenters. The summed E-state index contributed by atoms with van der Waals surface area (Å²) in [6.45, 7) is 0. The summed E-state index contributed by atoms with van der Waals surface area (Å²) in [4.78, 5) is 0. The van der Waals surface area contributed by atoms with Gasteiger partial charge in [-0.25, -0.2) is 0 Å². The summed E-state index contributed by atoms with van der Waals surface area (Å²) in [6.07, 6.45) is 0. The first-order valence-corrected chi connectivity index (χ1v) is 7.46. The zero-order valence-corrected chi connectivity index (χ0v) is 14.1. The van der Waals surface area contributed by atoms with Gasteiger partial charge in [-0.05, 0) is 0 Å². The molecule has 1 heterocycles. The van der Waals surface area contributed by atoms with Crippen LogP contribution in [0.2, 0.25) is 0 Å². The SMILES string of the molecule is [Cl-].[Cl-].[Cl-].[Zr+3][C]1=[CH][SbH][c]2ccccc21. The number of hydrogen-bond donors (Lipinski definition) is 0. The van der Waals surface area contributed by atoms with Gasteiger partial charge in [0.15, 0.2) is 0 Å². The molecule has 13 heavy (non-hydrogen) atoms. The summed E-state index contributed by atoms with van der Waals surface area (Å²) in [5.41, 5.74) is 1.55. The van der Waals surface area contributed by atoms with Crippen molar-refractivity contribution < 1.29 is 61.9 Å². The zero-order valence-electron chi connectivity index (χ0n) is 6.52. The molecule has 1 aliphatic rings. The van der Waals surface area contributed by atoms with Crippen LogP contribution < -0.4 is 40.7 Å². The molecule has 0 spiro atoms. The van der Waals surface area contributed by atoms with Crippen LogP contribution in [0.4, 0.5) is 0 Å². The van der Waals surface area contributed by atoms with Gasteiger partial charge in [0.05, 0.1) is 0 Å². The third kappa shape index (κ3) is 3.88. The summed E-state index contributed by atoms with van der Waals surface area (Å²) in [5, 5.41) is 0. The van der Waals surface area contributed by atoms with E-state index in [9.17, 15) is 0 Å². The standard InChI is InChI=1S/C8H5.3ClH.Sb.Zr.H/c1-2-8-6-4-3-5-7-8;;;;;;/h1,3-6H;3*1H;;;/q;;;;;+3;/p-3. The number of hydrogen-bond acceptors (Lipinski definition) is 0. The van der Waals surface area contributed by atoms with E-state index >= 15 is 0 Å². The summed E-state index contributed by atoms with van der Waals surface area (Å²) >= 11 is 1.33. The predicted octanol–water partition coefficient (Wildman–Crippen LogP) is -8.38. The Labute approximate surface area is 123 Å². The van der Waals surface area contributed by atoms with Crippen molar-refractivity contribution in [1.82, 2.24) is 0 Å². The summed E-state index contributed by atoms with van der Waals surface area (Å²) in [6, 6.07) is 8.84. The first-order chi connectivity index (χ1) is 4.88. The maximum absolute atomic E-state index is 2.49. The van der Waals surface area contributed by atoms with Crippen LogP contribution in [0.25, 0.3) is 3.28 Å². The minimum absolute atomic E-state index is 0. The first kappa shape index (κ1) is 16.9. The number of halogens is 3. The van der Waals surface area contributed by atoms with Crippen molar-refractivity contribution in [3.63, 3.8) is 0 Å². The van der Waals surface area contributed by atoms with E-state index in [1.54, 1.807) is 37.1 Å². The van der Waals surface area contributed by atoms with Gasteiger partial charge < -0.3 is 37.2 Å². The van der Waals surface area contributed by atoms with E-state index in [0.717, 1.165) is 0 Å². The minimum atomic E-state index is -0.252. The molecule has 0 saturated heterocycles. The molecule has 0 amide bonds. The van der Waals surface area contributed by atoms with Crippen LogP contribution in [0.1, 0.15) is 5.56 Å². The van der Waals surface area contributed by atoms with Crippen molar-refractivity contribution in [2.75, 3.05) is 0 Å². The molecule has 0 bridgehead atoms. The van der Waals surface area contributed by atoms with Gasteiger partial charge in [-0.15, -0.1) is 0 Å². The average Bonchev–Trinajstić information content (AvgIpc) is 2.34. The molecule has 68 valence electrons. The number of fused-ring (bicyclic) bond motifs is 1. The van der Waals surface area contributed by atoms with Crippen molar-refractivity contribution in [1.29, 1.82) is 0 Å². The predicted molar refractivity (Wildman–Crippen MR) is 41.2 cm³/mol. The Hall–Kier alpha value is 1.53. The van der Waals surface area contributed by atoms with Gasteiger partial charge in [0.1, 0.15) is 0 Å². The van der Waals surface area contributed by atoms with Gasteiger partial charge in [-0.1, -0.05) is 0 Å². The quantitative estimate of drug-likeness (QED) is 0.365. The topological polar surface area (TPSA) is 0 Å². The van der Waals surface area contributed by atoms with Crippen molar-refractivity contribution in [2.45, 2.75) is 0 Å². The molecule has 0 radical (unpaired) electrons. The second-order valence-electron chi connectivity index (χ2n) is 2.25. The second-order valence-corrected chi connectivity index (χ2v) is 6.76. The summed E-state index contributed by atoms with van der Waals surface area (Å²) < 4.78 is 5.75. The molecule has 0 aromatic heterocycles. The Balaban J connectivity index is 0. The van der Waals surface area contributed by atoms with Crippen molar-refractivity contribution in [3.05, 3.63) is 33.9 Å². The van der Waals surface area contributed by atoms with Crippen LogP contribution in [-0.2, 0) is 24.7 Å². The second kappa shape index (κ2) is 7.78. The normalized spacial score (nSPS) is 11.4. The van der Waals surface area contributed by atoms with E-state index in [1.807, 2.05) is 0 Å². The fraction of sp³-hybridized carbons (Fsp3) is 0. The van der Waals surface area contributed by atoms with E-state index in [4.69, 9.17) is 0 Å². The van der Waals surface area contributed by atoms with Gasteiger partial charge in [0.2, 0.25) is 0 Å². The summed E-state index contributed by atoms with van der Waals surface area (Å²) in [7, 11) is 0. The van der Waals surface area contributed by atoms with E-state index in [1.165, 1.54) is 0 Å². The van der Waals surface area contributed by atoms with Gasteiger partial charge in [0.25, 0.3) is 0 Å². The molecule has 1 aromatic carbocycles. The van der Waals surface area contributed by atoms with Gasteiger partial charge in [-0.2, -0.15) is 0 Å². The molecule has 1 aliphatic heterocycles. The van der Waals surface area contributed by atoms with E-state index in [2.05, 4.69) is 28.3 Å². The Morgan fingerprint density at radius 1 is 1.00 bits per heavy atom. The third-order valence-electron chi connectivity index (χ3n) is 1.59. The Bertz CT molecular complexity index is 301. The molecule has 1 aromatic rings. The Morgan fingerprint density at radius 3 is 2.23 bits per heavy atom. The molecule has 0 saturated carbocycles. The first-order valence-electron chi connectivity index (χ1n) is 3.15. The molecule has 0 aliphatic carbocycles. The monoisotopic (exact) mass is 418 g/mol. The van der Waals surface area contributed by atoms with E-state index in [0.29, 0.717) is 0 Å². The maximum atomic E-state index is 2.49.